The molecular weight excluding hydrogens is 292 g/mol. The number of nitriles is 1. The van der Waals surface area contributed by atoms with Gasteiger partial charge in [-0.05, 0) is 30.5 Å². The van der Waals surface area contributed by atoms with E-state index in [9.17, 15) is 4.79 Å². The summed E-state index contributed by atoms with van der Waals surface area (Å²) in [5.41, 5.74) is 2.91. The first-order valence-electron chi connectivity index (χ1n) is 7.08. The molecule has 1 aliphatic heterocycles. The first-order chi connectivity index (χ1) is 10.7. The number of thiophene rings is 1. The fourth-order valence-electron chi connectivity index (χ4n) is 2.86. The van der Waals surface area contributed by atoms with Crippen molar-refractivity contribution in [1.82, 2.24) is 4.90 Å². The lowest BCUT2D eigenvalue weighted by molar-refractivity contribution is 0.0736. The summed E-state index contributed by atoms with van der Waals surface area (Å²) < 4.78 is 0. The Kier molecular flexibility index (Phi) is 3.96. The Morgan fingerprint density at radius 2 is 2.09 bits per heavy atom. The van der Waals surface area contributed by atoms with Crippen LogP contribution < -0.4 is 0 Å². The molecule has 1 fully saturated rings. The van der Waals surface area contributed by atoms with Gasteiger partial charge >= 0.3 is 0 Å². The summed E-state index contributed by atoms with van der Waals surface area (Å²) in [6.07, 6.45) is 7.29. The maximum Gasteiger partial charge on any atom is 0.256 e. The van der Waals surface area contributed by atoms with Gasteiger partial charge in [0, 0.05) is 22.9 Å². The number of hydrogen-bond acceptors (Lipinski definition) is 3. The van der Waals surface area contributed by atoms with Crippen LogP contribution in [0.2, 0.25) is 0 Å². The Balaban J connectivity index is 1.88. The van der Waals surface area contributed by atoms with Gasteiger partial charge in [0.25, 0.3) is 5.91 Å². The number of likely N-dealkylation sites (tertiary alicyclic amines) is 1. The molecular formula is C18H14N2OS. The molecule has 2 aromatic rings. The molecule has 1 saturated heterocycles. The second-order valence-corrected chi connectivity index (χ2v) is 5.98. The van der Waals surface area contributed by atoms with Crippen LogP contribution in [0, 0.1) is 23.7 Å². The lowest BCUT2D eigenvalue weighted by atomic mass is 10.0. The molecule has 22 heavy (non-hydrogen) atoms. The molecule has 108 valence electrons. The van der Waals surface area contributed by atoms with Gasteiger partial charge in [-0.15, -0.1) is 6.42 Å². The third-order valence-electron chi connectivity index (χ3n) is 3.99. The van der Waals surface area contributed by atoms with Gasteiger partial charge in [-0.2, -0.15) is 16.6 Å². The first-order valence-corrected chi connectivity index (χ1v) is 8.02. The van der Waals surface area contributed by atoms with Crippen LogP contribution in [-0.4, -0.2) is 17.4 Å². The molecule has 0 saturated carbocycles. The Hall–Kier alpha value is -2.56. The number of carbonyl (C=O) groups excluding carboxylic acids is 1. The molecule has 0 radical (unpaired) electrons. The van der Waals surface area contributed by atoms with Crippen molar-refractivity contribution < 1.29 is 4.79 Å². The Labute approximate surface area is 133 Å². The Bertz CT molecular complexity index is 777. The van der Waals surface area contributed by atoms with Crippen molar-refractivity contribution >= 4 is 17.2 Å². The number of nitrogens with zero attached hydrogens (tertiary/aromatic N) is 2. The fraction of sp³-hybridized carbons (Fsp3) is 0.222. The molecule has 2 heterocycles. The third-order valence-corrected chi connectivity index (χ3v) is 4.73. The molecule has 1 amide bonds. The summed E-state index contributed by atoms with van der Waals surface area (Å²) >= 11 is 1.39. The standard InChI is InChI=1S/C18H14N2OS/c1-2-13-5-7-14(8-6-13)17-4-3-9-20(17)18(21)16-12-22-11-15(16)10-19/h1,5-8,11-12,17H,3-4,9H2. The number of hydrogen-bond donors (Lipinski definition) is 0. The van der Waals surface area contributed by atoms with Gasteiger partial charge in [0.1, 0.15) is 6.07 Å². The highest BCUT2D eigenvalue weighted by Crippen LogP contribution is 2.34. The fourth-order valence-corrected chi connectivity index (χ4v) is 3.61. The molecule has 1 aromatic carbocycles. The molecule has 1 aromatic heterocycles. The average molecular weight is 306 g/mol. The van der Waals surface area contributed by atoms with Crippen LogP contribution >= 0.6 is 11.3 Å². The largest absolute Gasteiger partial charge is 0.332 e. The second-order valence-electron chi connectivity index (χ2n) is 5.23. The van der Waals surface area contributed by atoms with Gasteiger partial charge in [0.15, 0.2) is 0 Å². The summed E-state index contributed by atoms with van der Waals surface area (Å²) in [6, 6.07) is 9.94. The maximum absolute atomic E-state index is 12.7. The van der Waals surface area contributed by atoms with Crippen molar-refractivity contribution in [2.75, 3.05) is 6.54 Å². The van der Waals surface area contributed by atoms with E-state index in [1.165, 1.54) is 11.3 Å². The zero-order valence-corrected chi connectivity index (χ0v) is 12.8. The van der Waals surface area contributed by atoms with Crippen LogP contribution in [0.15, 0.2) is 35.0 Å². The molecule has 0 N–H and O–H groups in total. The van der Waals surface area contributed by atoms with E-state index < -0.39 is 0 Å². The minimum atomic E-state index is -0.0543. The summed E-state index contributed by atoms with van der Waals surface area (Å²) in [5, 5.41) is 12.6. The normalized spacial score (nSPS) is 17.0. The zero-order chi connectivity index (χ0) is 15.5. The van der Waals surface area contributed by atoms with Crippen LogP contribution in [0.1, 0.15) is 45.9 Å². The van der Waals surface area contributed by atoms with Gasteiger partial charge in [0.05, 0.1) is 17.2 Å². The van der Waals surface area contributed by atoms with E-state index in [4.69, 9.17) is 11.7 Å². The highest BCUT2D eigenvalue weighted by Gasteiger charge is 2.31. The van der Waals surface area contributed by atoms with Crippen molar-refractivity contribution in [1.29, 1.82) is 5.26 Å². The van der Waals surface area contributed by atoms with Gasteiger partial charge < -0.3 is 4.90 Å². The van der Waals surface area contributed by atoms with Crippen molar-refractivity contribution in [3.05, 3.63) is 57.3 Å². The SMILES string of the molecule is C#Cc1ccc(C2CCCN2C(=O)c2cscc2C#N)cc1. The monoisotopic (exact) mass is 306 g/mol. The molecule has 0 spiro atoms. The summed E-state index contributed by atoms with van der Waals surface area (Å²) in [5.74, 6) is 2.55. The van der Waals surface area contributed by atoms with E-state index in [-0.39, 0.29) is 11.9 Å². The molecule has 1 atom stereocenters. The maximum atomic E-state index is 12.7. The smallest absolute Gasteiger partial charge is 0.256 e. The van der Waals surface area contributed by atoms with Crippen molar-refractivity contribution in [3.63, 3.8) is 0 Å². The quantitative estimate of drug-likeness (QED) is 0.796. The highest BCUT2D eigenvalue weighted by atomic mass is 32.1. The number of rotatable bonds is 2. The van der Waals surface area contributed by atoms with E-state index in [0.29, 0.717) is 11.1 Å². The predicted octanol–water partition coefficient (Wildman–Crippen LogP) is 3.58. The van der Waals surface area contributed by atoms with Crippen LogP contribution in [-0.2, 0) is 0 Å². The second kappa shape index (κ2) is 6.05. The predicted molar refractivity (Wildman–Crippen MR) is 86.4 cm³/mol. The minimum absolute atomic E-state index is 0.0543. The minimum Gasteiger partial charge on any atom is -0.332 e. The molecule has 4 heteroatoms. The van der Waals surface area contributed by atoms with Crippen LogP contribution in [0.5, 0.6) is 0 Å². The van der Waals surface area contributed by atoms with E-state index in [0.717, 1.165) is 30.5 Å². The number of terminal acetylenes is 1. The summed E-state index contributed by atoms with van der Waals surface area (Å²) in [7, 11) is 0. The first kappa shape index (κ1) is 14.4. The average Bonchev–Trinajstić information content (AvgIpc) is 3.23. The summed E-state index contributed by atoms with van der Waals surface area (Å²) in [4.78, 5) is 14.6. The molecule has 1 unspecified atom stereocenters. The van der Waals surface area contributed by atoms with Crippen LogP contribution in [0.4, 0.5) is 0 Å². The van der Waals surface area contributed by atoms with Crippen LogP contribution in [0.3, 0.4) is 0 Å². The molecule has 0 bridgehead atoms. The Morgan fingerprint density at radius 3 is 2.77 bits per heavy atom. The van der Waals surface area contributed by atoms with Crippen LogP contribution in [0.25, 0.3) is 0 Å². The van der Waals surface area contributed by atoms with Crippen molar-refractivity contribution in [2.45, 2.75) is 18.9 Å². The lowest BCUT2D eigenvalue weighted by Gasteiger charge is -2.25. The van der Waals surface area contributed by atoms with E-state index in [1.807, 2.05) is 29.2 Å². The summed E-state index contributed by atoms with van der Waals surface area (Å²) in [6.45, 7) is 0.723. The molecule has 3 nitrogen and oxygen atoms in total. The van der Waals surface area contributed by atoms with Gasteiger partial charge in [-0.25, -0.2) is 0 Å². The molecule has 1 aliphatic rings. The van der Waals surface area contributed by atoms with Gasteiger partial charge in [0.2, 0.25) is 0 Å². The van der Waals surface area contributed by atoms with Crippen molar-refractivity contribution in [2.24, 2.45) is 0 Å². The Morgan fingerprint density at radius 1 is 1.32 bits per heavy atom. The zero-order valence-electron chi connectivity index (χ0n) is 12.0. The topological polar surface area (TPSA) is 44.1 Å². The van der Waals surface area contributed by atoms with E-state index >= 15 is 0 Å². The van der Waals surface area contributed by atoms with Gasteiger partial charge in [-0.1, -0.05) is 18.1 Å². The van der Waals surface area contributed by atoms with Crippen molar-refractivity contribution in [3.8, 4) is 18.4 Å². The molecule has 3 rings (SSSR count). The number of carbonyl (C=O) groups is 1. The number of benzene rings is 1. The highest BCUT2D eigenvalue weighted by molar-refractivity contribution is 7.08. The van der Waals surface area contributed by atoms with Gasteiger partial charge in [-0.3, -0.25) is 4.79 Å². The molecule has 0 aliphatic carbocycles. The number of amides is 1. The third kappa shape index (κ3) is 2.50. The van der Waals surface area contributed by atoms with E-state index in [2.05, 4.69) is 12.0 Å². The lowest BCUT2D eigenvalue weighted by Crippen LogP contribution is -2.30. The van der Waals surface area contributed by atoms with E-state index in [1.54, 1.807) is 10.8 Å².